The third-order valence-corrected chi connectivity index (χ3v) is 3.32. The van der Waals surface area contributed by atoms with E-state index >= 15 is 0 Å². The highest BCUT2D eigenvalue weighted by atomic mass is 16.3. The number of H-pyrrole nitrogens is 1. The van der Waals surface area contributed by atoms with Gasteiger partial charge in [0.2, 0.25) is 5.95 Å². The van der Waals surface area contributed by atoms with Crippen LogP contribution in [0.3, 0.4) is 0 Å². The third-order valence-electron chi connectivity index (χ3n) is 3.32. The smallest absolute Gasteiger partial charge is 0.224 e. The van der Waals surface area contributed by atoms with E-state index in [4.69, 9.17) is 5.73 Å². The number of rotatable bonds is 3. The fourth-order valence-corrected chi connectivity index (χ4v) is 2.12. The summed E-state index contributed by atoms with van der Waals surface area (Å²) in [6.45, 7) is 0.0935. The lowest BCUT2D eigenvalue weighted by Gasteiger charge is -2.41. The number of fused-ring (bicyclic) bond motifs is 1. The molecular weight excluding hydrogens is 220 g/mol. The van der Waals surface area contributed by atoms with Gasteiger partial charge in [-0.1, -0.05) is 0 Å². The summed E-state index contributed by atoms with van der Waals surface area (Å²) < 4.78 is 0. The molecule has 0 spiro atoms. The van der Waals surface area contributed by atoms with Crippen LogP contribution >= 0.6 is 0 Å². The third kappa shape index (κ3) is 1.59. The molecule has 0 unspecified atom stereocenters. The Morgan fingerprint density at radius 2 is 2.29 bits per heavy atom. The van der Waals surface area contributed by atoms with Gasteiger partial charge in [-0.25, -0.2) is 0 Å². The van der Waals surface area contributed by atoms with Crippen molar-refractivity contribution in [1.82, 2.24) is 20.2 Å². The second kappa shape index (κ2) is 3.56. The number of hydrogen-bond acceptors (Lipinski definition) is 6. The van der Waals surface area contributed by atoms with Crippen molar-refractivity contribution < 1.29 is 5.11 Å². The van der Waals surface area contributed by atoms with Crippen molar-refractivity contribution in [2.45, 2.75) is 24.8 Å². The first-order valence-electron chi connectivity index (χ1n) is 5.58. The van der Waals surface area contributed by atoms with Gasteiger partial charge in [-0.05, 0) is 19.3 Å². The molecule has 3 rings (SSSR count). The molecule has 2 aromatic heterocycles. The van der Waals surface area contributed by atoms with E-state index in [9.17, 15) is 5.11 Å². The molecule has 0 bridgehead atoms. The van der Waals surface area contributed by atoms with Gasteiger partial charge in [0.1, 0.15) is 5.82 Å². The van der Waals surface area contributed by atoms with Crippen LogP contribution in [0.4, 0.5) is 11.8 Å². The normalized spacial score (nSPS) is 17.9. The largest absolute Gasteiger partial charge is 0.394 e. The van der Waals surface area contributed by atoms with Gasteiger partial charge in [0.05, 0.1) is 23.7 Å². The van der Waals surface area contributed by atoms with E-state index in [2.05, 4.69) is 25.5 Å². The van der Waals surface area contributed by atoms with Crippen LogP contribution in [0.2, 0.25) is 0 Å². The lowest BCUT2D eigenvalue weighted by molar-refractivity contribution is 0.144. The maximum Gasteiger partial charge on any atom is 0.224 e. The van der Waals surface area contributed by atoms with Crippen molar-refractivity contribution in [3.63, 3.8) is 0 Å². The molecule has 1 fully saturated rings. The minimum Gasteiger partial charge on any atom is -0.394 e. The average Bonchev–Trinajstić information content (AvgIpc) is 2.71. The van der Waals surface area contributed by atoms with Crippen molar-refractivity contribution in [1.29, 1.82) is 0 Å². The number of nitrogen functional groups attached to an aromatic ring is 1. The molecule has 1 aliphatic carbocycles. The molecule has 17 heavy (non-hydrogen) atoms. The molecule has 1 aliphatic rings. The number of anilines is 2. The Morgan fingerprint density at radius 1 is 1.47 bits per heavy atom. The number of aromatic amines is 1. The van der Waals surface area contributed by atoms with E-state index in [1.807, 2.05) is 0 Å². The van der Waals surface area contributed by atoms with Crippen molar-refractivity contribution in [2.24, 2.45) is 0 Å². The Hall–Kier alpha value is -1.89. The molecule has 0 aliphatic heterocycles. The van der Waals surface area contributed by atoms with E-state index < -0.39 is 0 Å². The number of nitrogens with zero attached hydrogens (tertiary/aromatic N) is 3. The van der Waals surface area contributed by atoms with Crippen molar-refractivity contribution >= 4 is 22.8 Å². The summed E-state index contributed by atoms with van der Waals surface area (Å²) in [5.41, 5.74) is 5.98. The highest BCUT2D eigenvalue weighted by Gasteiger charge is 2.37. The predicted molar refractivity (Wildman–Crippen MR) is 63.4 cm³/mol. The van der Waals surface area contributed by atoms with Crippen molar-refractivity contribution in [3.05, 3.63) is 6.20 Å². The molecule has 1 saturated carbocycles. The van der Waals surface area contributed by atoms with Gasteiger partial charge in [0, 0.05) is 0 Å². The molecule has 90 valence electrons. The van der Waals surface area contributed by atoms with Crippen LogP contribution in [0.25, 0.3) is 11.0 Å². The zero-order valence-electron chi connectivity index (χ0n) is 9.27. The molecule has 0 atom stereocenters. The maximum absolute atomic E-state index is 9.43. The monoisotopic (exact) mass is 234 g/mol. The molecule has 2 aromatic rings. The first-order chi connectivity index (χ1) is 8.22. The summed E-state index contributed by atoms with van der Waals surface area (Å²) in [4.78, 5) is 8.21. The Morgan fingerprint density at radius 3 is 2.94 bits per heavy atom. The second-order valence-electron chi connectivity index (χ2n) is 4.48. The lowest BCUT2D eigenvalue weighted by Crippen LogP contribution is -2.48. The summed E-state index contributed by atoms with van der Waals surface area (Å²) >= 11 is 0. The molecule has 7 nitrogen and oxygen atoms in total. The number of hydrogen-bond donors (Lipinski definition) is 4. The molecule has 7 heteroatoms. The first kappa shape index (κ1) is 10.3. The van der Waals surface area contributed by atoms with Crippen molar-refractivity contribution in [2.75, 3.05) is 17.7 Å². The summed E-state index contributed by atoms with van der Waals surface area (Å²) in [7, 11) is 0. The molecular formula is C10H14N6O. The van der Waals surface area contributed by atoms with Crippen LogP contribution in [0.15, 0.2) is 6.20 Å². The Balaban J connectivity index is 2.01. The number of nitrogens with one attached hydrogen (secondary N) is 2. The zero-order chi connectivity index (χ0) is 11.9. The quantitative estimate of drug-likeness (QED) is 0.606. The molecule has 5 N–H and O–H groups in total. The van der Waals surface area contributed by atoms with Crippen molar-refractivity contribution in [3.8, 4) is 0 Å². The van der Waals surface area contributed by atoms with E-state index in [1.54, 1.807) is 6.20 Å². The van der Waals surface area contributed by atoms with E-state index in [0.29, 0.717) is 11.5 Å². The van der Waals surface area contributed by atoms with Gasteiger partial charge in [-0.3, -0.25) is 5.10 Å². The topological polar surface area (TPSA) is 113 Å². The number of nitrogens with two attached hydrogens (primary N) is 1. The van der Waals surface area contributed by atoms with Crippen LogP contribution in [-0.4, -0.2) is 37.4 Å². The van der Waals surface area contributed by atoms with Crippen LogP contribution in [0.5, 0.6) is 0 Å². The first-order valence-corrected chi connectivity index (χ1v) is 5.58. The highest BCUT2D eigenvalue weighted by molar-refractivity contribution is 5.87. The van der Waals surface area contributed by atoms with Gasteiger partial charge in [-0.2, -0.15) is 15.1 Å². The van der Waals surface area contributed by atoms with Crippen LogP contribution in [0, 0.1) is 0 Å². The highest BCUT2D eigenvalue weighted by Crippen LogP contribution is 2.35. The Labute approximate surface area is 97.5 Å². The lowest BCUT2D eigenvalue weighted by atomic mass is 9.77. The minimum atomic E-state index is -0.259. The molecule has 0 radical (unpaired) electrons. The van der Waals surface area contributed by atoms with Gasteiger partial charge >= 0.3 is 0 Å². The Kier molecular flexibility index (Phi) is 2.15. The fraction of sp³-hybridized carbons (Fsp3) is 0.500. The molecule has 2 heterocycles. The van der Waals surface area contributed by atoms with Gasteiger partial charge < -0.3 is 16.2 Å². The summed E-state index contributed by atoms with van der Waals surface area (Å²) in [5.74, 6) is 0.826. The summed E-state index contributed by atoms with van der Waals surface area (Å²) in [5, 5.41) is 20.2. The summed E-state index contributed by atoms with van der Waals surface area (Å²) in [6.07, 6.45) is 4.64. The molecule has 0 aromatic carbocycles. The number of aliphatic hydroxyl groups excluding tert-OH is 1. The standard InChI is InChI=1S/C10H14N6O/c11-9-13-7(6-4-12-16-8(6)14-9)15-10(5-17)2-1-3-10/h4,17H,1-3,5H2,(H4,11,12,13,14,15,16). The second-order valence-corrected chi connectivity index (χ2v) is 4.48. The van der Waals surface area contributed by atoms with Crippen LogP contribution in [-0.2, 0) is 0 Å². The van der Waals surface area contributed by atoms with E-state index in [-0.39, 0.29) is 18.1 Å². The maximum atomic E-state index is 9.43. The van der Waals surface area contributed by atoms with Gasteiger partial charge in [-0.15, -0.1) is 0 Å². The van der Waals surface area contributed by atoms with Gasteiger partial charge in [0.15, 0.2) is 5.65 Å². The van der Waals surface area contributed by atoms with Crippen LogP contribution < -0.4 is 11.1 Å². The Bertz CT molecular complexity index is 541. The fourth-order valence-electron chi connectivity index (χ4n) is 2.12. The minimum absolute atomic E-state index is 0.0935. The van der Waals surface area contributed by atoms with Crippen LogP contribution in [0.1, 0.15) is 19.3 Å². The SMILES string of the molecule is Nc1nc(NC2(CO)CCC2)c2cn[nH]c2n1. The predicted octanol–water partition coefficient (Wildman–Crippen LogP) is 0.262. The number of aromatic nitrogens is 4. The zero-order valence-corrected chi connectivity index (χ0v) is 9.27. The van der Waals surface area contributed by atoms with Gasteiger partial charge in [0.25, 0.3) is 0 Å². The summed E-state index contributed by atoms with van der Waals surface area (Å²) in [6, 6.07) is 0. The van der Waals surface area contributed by atoms with E-state index in [0.717, 1.165) is 24.6 Å². The molecule has 0 amide bonds. The number of aliphatic hydroxyl groups is 1. The molecule has 0 saturated heterocycles. The average molecular weight is 234 g/mol. The van der Waals surface area contributed by atoms with E-state index in [1.165, 1.54) is 0 Å².